The van der Waals surface area contributed by atoms with Gasteiger partial charge in [-0.3, -0.25) is 9.59 Å². The summed E-state index contributed by atoms with van der Waals surface area (Å²) >= 11 is 1.39. The van der Waals surface area contributed by atoms with E-state index in [0.29, 0.717) is 25.0 Å². The summed E-state index contributed by atoms with van der Waals surface area (Å²) in [6.07, 6.45) is -0.139. The molecule has 202 valence electrons. The van der Waals surface area contributed by atoms with Gasteiger partial charge in [0.2, 0.25) is 0 Å². The van der Waals surface area contributed by atoms with Crippen LogP contribution in [0, 0.1) is 24.2 Å². The number of hydrogen-bond acceptors (Lipinski definition) is 8. The maximum absolute atomic E-state index is 15.3. The highest BCUT2D eigenvalue weighted by atomic mass is 32.1. The first-order chi connectivity index (χ1) is 16.8. The second-order valence-corrected chi connectivity index (χ2v) is 12.2. The average molecular weight is 526 g/mol. The minimum absolute atomic E-state index is 0.125. The van der Waals surface area contributed by atoms with Gasteiger partial charge in [-0.2, -0.15) is 0 Å². The van der Waals surface area contributed by atoms with Crippen molar-refractivity contribution in [3.8, 4) is 0 Å². The second-order valence-electron chi connectivity index (χ2n) is 11.1. The number of aliphatic hydroxyl groups is 2. The molecule has 3 heterocycles. The van der Waals surface area contributed by atoms with Crippen molar-refractivity contribution in [3.63, 3.8) is 0 Å². The number of thiazole rings is 1. The molecule has 36 heavy (non-hydrogen) atoms. The van der Waals surface area contributed by atoms with E-state index in [2.05, 4.69) is 4.98 Å². The molecule has 0 aliphatic carbocycles. The normalized spacial score (nSPS) is 36.8. The van der Waals surface area contributed by atoms with Gasteiger partial charge in [0.05, 0.1) is 46.5 Å². The SMILES string of the molecule is CC[C@H]1C(=O)C(C)(C)[C@H](O)CC(=O)O[C@H](/C(F)=C/c2csc(C)n2)CC2OC2(C)CCC[C@H](C)[C@@H]1O. The van der Waals surface area contributed by atoms with Crippen molar-refractivity contribution in [1.82, 2.24) is 4.98 Å². The van der Waals surface area contributed by atoms with Crippen LogP contribution in [0.5, 0.6) is 0 Å². The minimum atomic E-state index is -1.35. The molecule has 0 radical (unpaired) electrons. The van der Waals surface area contributed by atoms with Gasteiger partial charge in [0, 0.05) is 17.7 Å². The van der Waals surface area contributed by atoms with Crippen molar-refractivity contribution in [1.29, 1.82) is 0 Å². The summed E-state index contributed by atoms with van der Waals surface area (Å²) in [7, 11) is 0. The Morgan fingerprint density at radius 1 is 1.31 bits per heavy atom. The summed E-state index contributed by atoms with van der Waals surface area (Å²) in [5.74, 6) is -2.53. The van der Waals surface area contributed by atoms with E-state index in [1.807, 2.05) is 27.7 Å². The van der Waals surface area contributed by atoms with Gasteiger partial charge in [0.15, 0.2) is 6.10 Å². The zero-order valence-electron chi connectivity index (χ0n) is 22.1. The number of rotatable bonds is 3. The standard InChI is InChI=1S/C27H40FNO6S/c1-7-18-24(32)15(2)9-8-10-27(6)22(35-27)12-20(19(28)11-17-14-36-16(3)29-17)34-23(31)13-21(30)26(4,5)25(18)33/h11,14-15,18,20-22,24,30,32H,7-10,12-13H2,1-6H3/b19-11-/t15-,18+,20-,21+,22?,24-,27?/m0/s1. The van der Waals surface area contributed by atoms with Crippen LogP contribution in [0.2, 0.25) is 0 Å². The number of ketones is 1. The molecule has 7 atom stereocenters. The number of carbonyl (C=O) groups is 2. The first-order valence-corrected chi connectivity index (χ1v) is 13.7. The number of Topliss-reactive ketones (excluding diaryl/α,β-unsaturated/α-hetero) is 1. The number of fused-ring (bicyclic) bond motifs is 1. The molecular formula is C27H40FNO6S. The fourth-order valence-corrected chi connectivity index (χ4v) is 5.66. The lowest BCUT2D eigenvalue weighted by Gasteiger charge is -2.35. The molecule has 0 spiro atoms. The smallest absolute Gasteiger partial charge is 0.309 e. The Balaban J connectivity index is 1.87. The summed E-state index contributed by atoms with van der Waals surface area (Å²) < 4.78 is 26.7. The van der Waals surface area contributed by atoms with Gasteiger partial charge < -0.3 is 19.7 Å². The van der Waals surface area contributed by atoms with E-state index in [0.717, 1.165) is 11.4 Å². The Bertz CT molecular complexity index is 977. The third kappa shape index (κ3) is 6.60. The molecule has 2 unspecified atom stereocenters. The number of esters is 1. The maximum Gasteiger partial charge on any atom is 0.309 e. The zero-order valence-corrected chi connectivity index (χ0v) is 22.9. The highest BCUT2D eigenvalue weighted by molar-refractivity contribution is 7.09. The second kappa shape index (κ2) is 11.4. The molecule has 1 aromatic rings. The predicted octanol–water partition coefficient (Wildman–Crippen LogP) is 4.77. The van der Waals surface area contributed by atoms with Gasteiger partial charge in [-0.05, 0) is 45.1 Å². The minimum Gasteiger partial charge on any atom is -0.455 e. The van der Waals surface area contributed by atoms with Gasteiger partial charge in [-0.15, -0.1) is 11.3 Å². The number of ether oxygens (including phenoxy) is 2. The molecule has 0 bridgehead atoms. The summed E-state index contributed by atoms with van der Waals surface area (Å²) in [6, 6.07) is 0. The number of hydrogen-bond donors (Lipinski definition) is 2. The zero-order chi connectivity index (χ0) is 26.8. The molecule has 2 aliphatic heterocycles. The number of halogens is 1. The Morgan fingerprint density at radius 3 is 2.61 bits per heavy atom. The van der Waals surface area contributed by atoms with Gasteiger partial charge in [-0.1, -0.05) is 34.1 Å². The highest BCUT2D eigenvalue weighted by Crippen LogP contribution is 2.45. The lowest BCUT2D eigenvalue weighted by Crippen LogP contribution is -2.46. The van der Waals surface area contributed by atoms with Crippen molar-refractivity contribution in [2.24, 2.45) is 17.3 Å². The maximum atomic E-state index is 15.3. The number of carbonyl (C=O) groups excluding carboxylic acids is 2. The Hall–Kier alpha value is -1.68. The molecule has 0 aromatic carbocycles. The van der Waals surface area contributed by atoms with Crippen LogP contribution >= 0.6 is 11.3 Å². The number of aromatic nitrogens is 1. The van der Waals surface area contributed by atoms with E-state index in [4.69, 9.17) is 9.47 Å². The molecule has 1 aromatic heterocycles. The number of aryl methyl sites for hydroxylation is 1. The molecule has 2 aliphatic rings. The van der Waals surface area contributed by atoms with Crippen molar-refractivity contribution in [3.05, 3.63) is 21.9 Å². The fourth-order valence-electron chi connectivity index (χ4n) is 5.09. The van der Waals surface area contributed by atoms with Crippen LogP contribution in [-0.2, 0) is 19.1 Å². The number of cyclic esters (lactones) is 1. The number of epoxide rings is 1. The molecular weight excluding hydrogens is 485 g/mol. The van der Waals surface area contributed by atoms with Crippen molar-refractivity contribution >= 4 is 29.2 Å². The Kier molecular flexibility index (Phi) is 9.13. The van der Waals surface area contributed by atoms with E-state index in [1.54, 1.807) is 19.2 Å². The lowest BCUT2D eigenvalue weighted by molar-refractivity contribution is -0.155. The van der Waals surface area contributed by atoms with Crippen LogP contribution in [-0.4, -0.2) is 57.0 Å². The first kappa shape index (κ1) is 28.9. The van der Waals surface area contributed by atoms with E-state index >= 15 is 4.39 Å². The van der Waals surface area contributed by atoms with Crippen LogP contribution < -0.4 is 0 Å². The first-order valence-electron chi connectivity index (χ1n) is 12.9. The van der Waals surface area contributed by atoms with E-state index < -0.39 is 53.5 Å². The molecule has 2 fully saturated rings. The van der Waals surface area contributed by atoms with Crippen molar-refractivity contribution in [2.45, 2.75) is 110 Å². The van der Waals surface area contributed by atoms with Gasteiger partial charge in [-0.25, -0.2) is 9.37 Å². The molecule has 3 rings (SSSR count). The third-order valence-electron chi connectivity index (χ3n) is 7.90. The average Bonchev–Trinajstić information content (AvgIpc) is 3.24. The topological polar surface area (TPSA) is 109 Å². The van der Waals surface area contributed by atoms with Gasteiger partial charge in [0.25, 0.3) is 0 Å². The quantitative estimate of drug-likeness (QED) is 0.432. The van der Waals surface area contributed by atoms with E-state index in [-0.39, 0.29) is 24.2 Å². The highest BCUT2D eigenvalue weighted by Gasteiger charge is 2.53. The van der Waals surface area contributed by atoms with Crippen molar-refractivity contribution in [2.75, 3.05) is 0 Å². The largest absolute Gasteiger partial charge is 0.455 e. The Morgan fingerprint density at radius 2 is 2.00 bits per heavy atom. The van der Waals surface area contributed by atoms with Gasteiger partial charge >= 0.3 is 5.97 Å². The molecule has 2 saturated heterocycles. The summed E-state index contributed by atoms with van der Waals surface area (Å²) in [6.45, 7) is 10.7. The fraction of sp³-hybridized carbons (Fsp3) is 0.741. The van der Waals surface area contributed by atoms with Crippen molar-refractivity contribution < 1.29 is 33.7 Å². The molecule has 2 N–H and O–H groups in total. The van der Waals surface area contributed by atoms with Crippen LogP contribution in [0.4, 0.5) is 4.39 Å². The summed E-state index contributed by atoms with van der Waals surface area (Å²) in [5.41, 5.74) is -1.31. The lowest BCUT2D eigenvalue weighted by atomic mass is 9.71. The summed E-state index contributed by atoms with van der Waals surface area (Å²) in [4.78, 5) is 30.5. The molecule has 9 heteroatoms. The molecule has 7 nitrogen and oxygen atoms in total. The monoisotopic (exact) mass is 525 g/mol. The summed E-state index contributed by atoms with van der Waals surface area (Å²) in [5, 5.41) is 24.4. The van der Waals surface area contributed by atoms with Gasteiger partial charge in [0.1, 0.15) is 11.6 Å². The molecule has 0 amide bonds. The van der Waals surface area contributed by atoms with Crippen LogP contribution in [0.1, 0.15) is 83.8 Å². The van der Waals surface area contributed by atoms with E-state index in [9.17, 15) is 19.8 Å². The predicted molar refractivity (Wildman–Crippen MR) is 136 cm³/mol. The van der Waals surface area contributed by atoms with E-state index in [1.165, 1.54) is 17.4 Å². The number of nitrogens with zero attached hydrogens (tertiary/aromatic N) is 1. The molecule has 0 saturated carbocycles. The third-order valence-corrected chi connectivity index (χ3v) is 8.69. The Labute approximate surface area is 217 Å². The van der Waals surface area contributed by atoms with Crippen LogP contribution in [0.3, 0.4) is 0 Å². The van der Waals surface area contributed by atoms with Crippen LogP contribution in [0.25, 0.3) is 6.08 Å². The van der Waals surface area contributed by atoms with Crippen LogP contribution in [0.15, 0.2) is 11.2 Å². The number of aliphatic hydroxyl groups excluding tert-OH is 2.